The highest BCUT2D eigenvalue weighted by molar-refractivity contribution is 7.99. The predicted octanol–water partition coefficient (Wildman–Crippen LogP) is 3.13. The Morgan fingerprint density at radius 3 is 2.72 bits per heavy atom. The van der Waals surface area contributed by atoms with Gasteiger partial charge < -0.3 is 19.5 Å². The van der Waals surface area contributed by atoms with Crippen LogP contribution in [0, 0.1) is 0 Å². The molecule has 1 aliphatic rings. The number of benzene rings is 1. The molecule has 0 unspecified atom stereocenters. The van der Waals surface area contributed by atoms with Gasteiger partial charge in [0, 0.05) is 17.5 Å². The number of thiophene rings is 1. The zero-order valence-electron chi connectivity index (χ0n) is 15.4. The number of rotatable bonds is 6. The Hall–Kier alpha value is -2.85. The molecule has 0 bridgehead atoms. The normalized spacial score (nSPS) is 12.7. The molecule has 8 nitrogen and oxygen atoms in total. The van der Waals surface area contributed by atoms with Gasteiger partial charge in [-0.25, -0.2) is 4.79 Å². The van der Waals surface area contributed by atoms with E-state index in [1.165, 1.54) is 11.3 Å². The summed E-state index contributed by atoms with van der Waals surface area (Å²) < 4.78 is 7.11. The van der Waals surface area contributed by atoms with Crippen LogP contribution in [0.4, 0.5) is 0 Å². The lowest BCUT2D eigenvalue weighted by Gasteiger charge is -2.05. The molecule has 1 aromatic carbocycles. The van der Waals surface area contributed by atoms with Crippen molar-refractivity contribution in [3.8, 4) is 22.2 Å². The number of thioether (sulfide) groups is 1. The van der Waals surface area contributed by atoms with Gasteiger partial charge in [0.05, 0.1) is 5.75 Å². The molecule has 0 saturated carbocycles. The fourth-order valence-electron chi connectivity index (χ4n) is 3.23. The van der Waals surface area contributed by atoms with Crippen molar-refractivity contribution < 1.29 is 24.5 Å². The van der Waals surface area contributed by atoms with Crippen molar-refractivity contribution in [3.63, 3.8) is 0 Å². The number of carboxylic acids is 1. The van der Waals surface area contributed by atoms with Crippen LogP contribution < -0.4 is 4.74 Å². The van der Waals surface area contributed by atoms with E-state index < -0.39 is 11.9 Å². The van der Waals surface area contributed by atoms with Gasteiger partial charge in [0.2, 0.25) is 0 Å². The molecular formula is C19H17N3O5S2. The Balaban J connectivity index is 1.43. The van der Waals surface area contributed by atoms with E-state index >= 15 is 0 Å². The number of fused-ring (bicyclic) bond motifs is 1. The van der Waals surface area contributed by atoms with Crippen molar-refractivity contribution in [1.82, 2.24) is 14.8 Å². The number of aromatic nitrogens is 3. The summed E-state index contributed by atoms with van der Waals surface area (Å²) in [4.78, 5) is 24.9. The van der Waals surface area contributed by atoms with Crippen molar-refractivity contribution in [2.24, 2.45) is 7.05 Å². The molecule has 1 aliphatic carbocycles. The molecule has 0 radical (unpaired) electrons. The molecule has 2 N–H and O–H groups in total. The second-order valence-electron chi connectivity index (χ2n) is 6.50. The standard InChI is InChI=1S/C19H17N3O5S2/c1-22-16(10-5-7-11(23)8-6-10)20-21-19(22)28-9-14(24)27-18-15(17(25)26)12-3-2-4-13(12)29-18/h5-8,23H,2-4,9H2,1H3,(H,25,26). The summed E-state index contributed by atoms with van der Waals surface area (Å²) in [7, 11) is 1.78. The molecular weight excluding hydrogens is 414 g/mol. The highest BCUT2D eigenvalue weighted by Gasteiger charge is 2.28. The monoisotopic (exact) mass is 431 g/mol. The number of carbonyl (C=O) groups excluding carboxylic acids is 1. The average molecular weight is 431 g/mol. The van der Waals surface area contributed by atoms with Crippen LogP contribution >= 0.6 is 23.1 Å². The largest absolute Gasteiger partial charge is 0.508 e. The van der Waals surface area contributed by atoms with Gasteiger partial charge in [0.25, 0.3) is 0 Å². The topological polar surface area (TPSA) is 115 Å². The van der Waals surface area contributed by atoms with E-state index in [2.05, 4.69) is 10.2 Å². The number of phenols is 1. The summed E-state index contributed by atoms with van der Waals surface area (Å²) in [6, 6.07) is 6.58. The van der Waals surface area contributed by atoms with Crippen LogP contribution in [-0.2, 0) is 24.7 Å². The lowest BCUT2D eigenvalue weighted by molar-refractivity contribution is -0.131. The third-order valence-electron chi connectivity index (χ3n) is 4.59. The van der Waals surface area contributed by atoms with E-state index in [0.717, 1.165) is 40.6 Å². The van der Waals surface area contributed by atoms with Crippen molar-refractivity contribution in [3.05, 3.63) is 40.3 Å². The minimum absolute atomic E-state index is 0.0246. The second-order valence-corrected chi connectivity index (χ2v) is 8.51. The number of hydrogen-bond acceptors (Lipinski definition) is 8. The highest BCUT2D eigenvalue weighted by atomic mass is 32.2. The summed E-state index contributed by atoms with van der Waals surface area (Å²) >= 11 is 2.41. The molecule has 3 aromatic rings. The molecule has 0 aliphatic heterocycles. The van der Waals surface area contributed by atoms with Gasteiger partial charge in [0.1, 0.15) is 11.3 Å². The van der Waals surface area contributed by atoms with Gasteiger partial charge in [-0.1, -0.05) is 11.8 Å². The maximum atomic E-state index is 12.3. The molecule has 0 amide bonds. The van der Waals surface area contributed by atoms with E-state index in [9.17, 15) is 19.8 Å². The molecule has 29 heavy (non-hydrogen) atoms. The number of aromatic hydroxyl groups is 1. The van der Waals surface area contributed by atoms with E-state index in [1.807, 2.05) is 0 Å². The number of esters is 1. The first-order valence-electron chi connectivity index (χ1n) is 8.84. The van der Waals surface area contributed by atoms with Gasteiger partial charge in [-0.05, 0) is 49.1 Å². The number of carbonyl (C=O) groups is 2. The molecule has 4 rings (SSSR count). The van der Waals surface area contributed by atoms with Crippen LogP contribution in [0.3, 0.4) is 0 Å². The first-order chi connectivity index (χ1) is 13.9. The average Bonchev–Trinajstić information content (AvgIpc) is 3.35. The Morgan fingerprint density at radius 2 is 2.00 bits per heavy atom. The van der Waals surface area contributed by atoms with Crippen molar-refractivity contribution in [2.45, 2.75) is 24.4 Å². The quantitative estimate of drug-likeness (QED) is 0.452. The van der Waals surface area contributed by atoms with Crippen LogP contribution in [0.2, 0.25) is 0 Å². The van der Waals surface area contributed by atoms with Gasteiger partial charge in [-0.15, -0.1) is 21.5 Å². The first-order valence-corrected chi connectivity index (χ1v) is 10.6. The molecule has 2 aromatic heterocycles. The molecule has 0 atom stereocenters. The summed E-state index contributed by atoms with van der Waals surface area (Å²) in [5.74, 6) is -0.862. The second kappa shape index (κ2) is 7.88. The van der Waals surface area contributed by atoms with Gasteiger partial charge in [-0.3, -0.25) is 4.79 Å². The fraction of sp³-hybridized carbons (Fsp3) is 0.263. The zero-order valence-corrected chi connectivity index (χ0v) is 17.0. The molecule has 150 valence electrons. The SMILES string of the molecule is Cn1c(SCC(=O)Oc2sc3c(c2C(=O)O)CCC3)nnc1-c1ccc(O)cc1. The van der Waals surface area contributed by atoms with Gasteiger partial charge in [-0.2, -0.15) is 0 Å². The minimum atomic E-state index is -1.06. The number of aromatic carboxylic acids is 1. The van der Waals surface area contributed by atoms with Gasteiger partial charge >= 0.3 is 11.9 Å². The Morgan fingerprint density at radius 1 is 1.24 bits per heavy atom. The minimum Gasteiger partial charge on any atom is -0.508 e. The summed E-state index contributed by atoms with van der Waals surface area (Å²) in [5.41, 5.74) is 1.70. The fourth-order valence-corrected chi connectivity index (χ4v) is 5.16. The predicted molar refractivity (Wildman–Crippen MR) is 108 cm³/mol. The van der Waals surface area contributed by atoms with Crippen LogP contribution in [0.5, 0.6) is 10.8 Å². The summed E-state index contributed by atoms with van der Waals surface area (Å²) in [6.45, 7) is 0. The van der Waals surface area contributed by atoms with E-state index in [-0.39, 0.29) is 22.1 Å². The van der Waals surface area contributed by atoms with E-state index in [4.69, 9.17) is 4.74 Å². The van der Waals surface area contributed by atoms with E-state index in [1.54, 1.807) is 35.9 Å². The van der Waals surface area contributed by atoms with Gasteiger partial charge in [0.15, 0.2) is 16.0 Å². The highest BCUT2D eigenvalue weighted by Crippen LogP contribution is 2.40. The Bertz CT molecular complexity index is 1090. The molecule has 2 heterocycles. The zero-order chi connectivity index (χ0) is 20.5. The third-order valence-corrected chi connectivity index (χ3v) is 6.75. The summed E-state index contributed by atoms with van der Waals surface area (Å²) in [6.07, 6.45) is 2.46. The number of carboxylic acid groups (broad SMARTS) is 1. The Kier molecular flexibility index (Phi) is 5.29. The number of hydrogen-bond donors (Lipinski definition) is 2. The smallest absolute Gasteiger partial charge is 0.340 e. The lowest BCUT2D eigenvalue weighted by Crippen LogP contribution is -2.13. The summed E-state index contributed by atoms with van der Waals surface area (Å²) in [5, 5.41) is 27.8. The first kappa shape index (κ1) is 19.5. The molecule has 0 saturated heterocycles. The van der Waals surface area contributed by atoms with Crippen LogP contribution in [0.15, 0.2) is 29.4 Å². The van der Waals surface area contributed by atoms with Crippen LogP contribution in [-0.4, -0.2) is 42.7 Å². The maximum absolute atomic E-state index is 12.3. The maximum Gasteiger partial charge on any atom is 0.340 e. The number of nitrogens with zero attached hydrogens (tertiary/aromatic N) is 3. The molecule has 10 heteroatoms. The number of phenolic OH excluding ortho intramolecular Hbond substituents is 1. The third kappa shape index (κ3) is 3.85. The number of aryl methyl sites for hydroxylation is 1. The van der Waals surface area contributed by atoms with Crippen LogP contribution in [0.1, 0.15) is 27.2 Å². The Labute approximate surface area is 174 Å². The van der Waals surface area contributed by atoms with Crippen LogP contribution in [0.25, 0.3) is 11.4 Å². The van der Waals surface area contributed by atoms with Crippen molar-refractivity contribution in [2.75, 3.05) is 5.75 Å². The van der Waals surface area contributed by atoms with E-state index in [0.29, 0.717) is 17.4 Å². The molecule has 0 spiro atoms. The lowest BCUT2D eigenvalue weighted by atomic mass is 10.1. The molecule has 0 fully saturated rings. The van der Waals surface area contributed by atoms with Crippen molar-refractivity contribution in [1.29, 1.82) is 0 Å². The number of ether oxygens (including phenoxy) is 1. The van der Waals surface area contributed by atoms with Crippen molar-refractivity contribution >= 4 is 35.0 Å².